The lowest BCUT2D eigenvalue weighted by Crippen LogP contribution is -2.20. The van der Waals surface area contributed by atoms with Crippen molar-refractivity contribution >= 4 is 23.2 Å². The molecule has 17 heavy (non-hydrogen) atoms. The molecule has 0 fully saturated rings. The Morgan fingerprint density at radius 3 is 2.71 bits per heavy atom. The highest BCUT2D eigenvalue weighted by Gasteiger charge is 2.13. The highest BCUT2D eigenvalue weighted by molar-refractivity contribution is 6.44. The van der Waals surface area contributed by atoms with Gasteiger partial charge in [0.1, 0.15) is 17.3 Å². The molecule has 0 bridgehead atoms. The van der Waals surface area contributed by atoms with Crippen LogP contribution in [-0.4, -0.2) is 27.5 Å². The van der Waals surface area contributed by atoms with E-state index < -0.39 is 4.84 Å². The lowest BCUT2D eigenvalue weighted by Gasteiger charge is -2.14. The summed E-state index contributed by atoms with van der Waals surface area (Å²) in [6.45, 7) is 3.76. The summed E-state index contributed by atoms with van der Waals surface area (Å²) in [6, 6.07) is 1.56. The zero-order chi connectivity index (χ0) is 12.7. The average molecular weight is 275 g/mol. The third kappa shape index (κ3) is 5.12. The van der Waals surface area contributed by atoms with E-state index in [1.165, 1.54) is 6.33 Å². The second kappa shape index (κ2) is 7.21. The van der Waals surface area contributed by atoms with Gasteiger partial charge in [-0.05, 0) is 13.8 Å². The minimum absolute atomic E-state index is 0.274. The van der Waals surface area contributed by atoms with E-state index >= 15 is 0 Å². The molecule has 1 heterocycles. The van der Waals surface area contributed by atoms with Crippen LogP contribution < -0.4 is 9.47 Å². The normalized spacial score (nSPS) is 11.6. The molecule has 1 aromatic heterocycles. The van der Waals surface area contributed by atoms with Crippen LogP contribution in [0, 0.1) is 11.8 Å². The van der Waals surface area contributed by atoms with Crippen LogP contribution in [0.3, 0.4) is 0 Å². The van der Waals surface area contributed by atoms with Gasteiger partial charge in [-0.25, -0.2) is 9.97 Å². The Morgan fingerprint density at radius 2 is 2.06 bits per heavy atom. The first-order valence-electron chi connectivity index (χ1n) is 4.92. The van der Waals surface area contributed by atoms with E-state index in [9.17, 15) is 0 Å². The van der Waals surface area contributed by atoms with E-state index in [2.05, 4.69) is 21.8 Å². The van der Waals surface area contributed by atoms with E-state index in [1.54, 1.807) is 19.9 Å². The Kier molecular flexibility index (Phi) is 5.88. The lowest BCUT2D eigenvalue weighted by atomic mass is 10.4. The molecule has 0 aliphatic heterocycles. The van der Waals surface area contributed by atoms with E-state index in [0.29, 0.717) is 11.8 Å². The van der Waals surface area contributed by atoms with Crippen molar-refractivity contribution < 1.29 is 9.47 Å². The maximum absolute atomic E-state index is 5.67. The summed E-state index contributed by atoms with van der Waals surface area (Å²) in [7, 11) is 0. The fourth-order valence-electron chi connectivity index (χ4n) is 0.890. The van der Waals surface area contributed by atoms with Crippen molar-refractivity contribution in [3.8, 4) is 23.6 Å². The Hall–Kier alpha value is -1.18. The molecule has 1 unspecified atom stereocenters. The predicted octanol–water partition coefficient (Wildman–Crippen LogP) is 2.45. The molecule has 1 rings (SSSR count). The molecular weight excluding hydrogens is 263 g/mol. The Morgan fingerprint density at radius 1 is 1.35 bits per heavy atom. The summed E-state index contributed by atoms with van der Waals surface area (Å²) in [4.78, 5) is 7.21. The minimum atomic E-state index is -0.625. The molecule has 6 heteroatoms. The van der Waals surface area contributed by atoms with Crippen LogP contribution in [0.4, 0.5) is 0 Å². The SMILES string of the molecule is CC#CCOc1cc(OC(C)C(Cl)Cl)ncn1. The van der Waals surface area contributed by atoms with Crippen molar-refractivity contribution in [1.82, 2.24) is 9.97 Å². The lowest BCUT2D eigenvalue weighted by molar-refractivity contribution is 0.224. The molecule has 1 aromatic rings. The fraction of sp³-hybridized carbons (Fsp3) is 0.455. The van der Waals surface area contributed by atoms with Crippen LogP contribution in [0.2, 0.25) is 0 Å². The third-order valence-electron chi connectivity index (χ3n) is 1.75. The quantitative estimate of drug-likeness (QED) is 0.611. The standard InChI is InChI=1S/C11H12Cl2N2O2/c1-3-4-5-16-9-6-10(15-7-14-9)17-8(2)11(12)13/h6-8,11H,5H2,1-2H3. The Balaban J connectivity index is 2.61. The number of alkyl halides is 2. The van der Waals surface area contributed by atoms with Crippen molar-refractivity contribution in [2.75, 3.05) is 6.61 Å². The first-order chi connectivity index (χ1) is 8.13. The molecule has 0 N–H and O–H groups in total. The predicted molar refractivity (Wildman–Crippen MR) is 66.6 cm³/mol. The van der Waals surface area contributed by atoms with Crippen molar-refractivity contribution in [3.05, 3.63) is 12.4 Å². The van der Waals surface area contributed by atoms with Crippen molar-refractivity contribution in [1.29, 1.82) is 0 Å². The highest BCUT2D eigenvalue weighted by atomic mass is 35.5. The number of nitrogens with zero attached hydrogens (tertiary/aromatic N) is 2. The number of rotatable bonds is 5. The molecule has 0 saturated carbocycles. The number of aromatic nitrogens is 2. The summed E-state index contributed by atoms with van der Waals surface area (Å²) in [5, 5.41) is 0. The van der Waals surface area contributed by atoms with Gasteiger partial charge in [-0.1, -0.05) is 5.92 Å². The zero-order valence-corrected chi connectivity index (χ0v) is 11.0. The molecule has 92 valence electrons. The van der Waals surface area contributed by atoms with Gasteiger partial charge in [0.2, 0.25) is 11.8 Å². The molecule has 4 nitrogen and oxygen atoms in total. The van der Waals surface area contributed by atoms with Crippen LogP contribution in [0.25, 0.3) is 0 Å². The minimum Gasteiger partial charge on any atom is -0.472 e. The number of ether oxygens (including phenoxy) is 2. The van der Waals surface area contributed by atoms with Crippen molar-refractivity contribution in [2.24, 2.45) is 0 Å². The van der Waals surface area contributed by atoms with Gasteiger partial charge in [0.25, 0.3) is 0 Å². The van der Waals surface area contributed by atoms with Gasteiger partial charge in [-0.15, -0.1) is 29.1 Å². The third-order valence-corrected chi connectivity index (χ3v) is 2.46. The Bertz CT molecular complexity index is 415. The number of hydrogen-bond acceptors (Lipinski definition) is 4. The van der Waals surface area contributed by atoms with Crippen LogP contribution in [0.1, 0.15) is 13.8 Å². The topological polar surface area (TPSA) is 44.2 Å². The van der Waals surface area contributed by atoms with E-state index in [0.717, 1.165) is 0 Å². The smallest absolute Gasteiger partial charge is 0.221 e. The number of hydrogen-bond donors (Lipinski definition) is 0. The molecule has 0 aliphatic rings. The molecule has 1 atom stereocenters. The van der Waals surface area contributed by atoms with Gasteiger partial charge in [-0.2, -0.15) is 0 Å². The van der Waals surface area contributed by atoms with E-state index in [4.69, 9.17) is 32.7 Å². The largest absolute Gasteiger partial charge is 0.472 e. The van der Waals surface area contributed by atoms with Crippen molar-refractivity contribution in [2.45, 2.75) is 24.8 Å². The van der Waals surface area contributed by atoms with E-state index in [-0.39, 0.29) is 12.7 Å². The fourth-order valence-corrected chi connectivity index (χ4v) is 0.993. The monoisotopic (exact) mass is 274 g/mol. The molecule has 0 amide bonds. The summed E-state index contributed by atoms with van der Waals surface area (Å²) in [5.41, 5.74) is 0. The molecule has 0 saturated heterocycles. The van der Waals surface area contributed by atoms with Crippen LogP contribution >= 0.6 is 23.2 Å². The molecular formula is C11H12Cl2N2O2. The maximum atomic E-state index is 5.67. The maximum Gasteiger partial charge on any atom is 0.221 e. The van der Waals surface area contributed by atoms with Crippen LogP contribution in [-0.2, 0) is 0 Å². The summed E-state index contributed by atoms with van der Waals surface area (Å²) >= 11 is 11.3. The van der Waals surface area contributed by atoms with Gasteiger partial charge < -0.3 is 9.47 Å². The summed E-state index contributed by atoms with van der Waals surface area (Å²) in [6.07, 6.45) is 0.977. The van der Waals surface area contributed by atoms with Gasteiger partial charge >= 0.3 is 0 Å². The highest BCUT2D eigenvalue weighted by Crippen LogP contribution is 2.18. The molecule has 0 spiro atoms. The van der Waals surface area contributed by atoms with Gasteiger partial charge in [0, 0.05) is 0 Å². The van der Waals surface area contributed by atoms with Crippen LogP contribution in [0.5, 0.6) is 11.8 Å². The molecule has 0 radical (unpaired) electrons. The zero-order valence-electron chi connectivity index (χ0n) is 9.48. The van der Waals surface area contributed by atoms with Gasteiger partial charge in [0.05, 0.1) is 6.07 Å². The van der Waals surface area contributed by atoms with Crippen molar-refractivity contribution in [3.63, 3.8) is 0 Å². The second-order valence-corrected chi connectivity index (χ2v) is 4.23. The first-order valence-corrected chi connectivity index (χ1v) is 5.80. The van der Waals surface area contributed by atoms with E-state index in [1.807, 2.05) is 0 Å². The number of halogens is 2. The van der Waals surface area contributed by atoms with Gasteiger partial charge in [-0.3, -0.25) is 0 Å². The Labute approximate surface area is 110 Å². The van der Waals surface area contributed by atoms with Crippen LogP contribution in [0.15, 0.2) is 12.4 Å². The molecule has 0 aromatic carbocycles. The first kappa shape index (κ1) is 13.9. The summed E-state index contributed by atoms with van der Waals surface area (Å²) < 4.78 is 10.7. The summed E-state index contributed by atoms with van der Waals surface area (Å²) in [5.74, 6) is 6.23. The second-order valence-electron chi connectivity index (χ2n) is 3.07. The van der Waals surface area contributed by atoms with Gasteiger partial charge in [0.15, 0.2) is 6.61 Å². The average Bonchev–Trinajstić information content (AvgIpc) is 2.30. The molecule has 0 aliphatic carbocycles.